The number of rotatable bonds is 3. The van der Waals surface area contributed by atoms with Gasteiger partial charge in [0.15, 0.2) is 0 Å². The van der Waals surface area contributed by atoms with Gasteiger partial charge in [0, 0.05) is 13.7 Å². The second-order valence-corrected chi connectivity index (χ2v) is 3.46. The van der Waals surface area contributed by atoms with E-state index in [-0.39, 0.29) is 0 Å². The Morgan fingerprint density at radius 1 is 1.40 bits per heavy atom. The van der Waals surface area contributed by atoms with Crippen LogP contribution in [-0.4, -0.2) is 38.8 Å². The minimum Gasteiger partial charge on any atom is -0.381 e. The van der Waals surface area contributed by atoms with Crippen LogP contribution in [0.3, 0.4) is 0 Å². The van der Waals surface area contributed by atoms with E-state index in [9.17, 15) is 0 Å². The predicted molar refractivity (Wildman–Crippen MR) is 42.1 cm³/mol. The first-order chi connectivity index (χ1) is 4.72. The molecular weight excluding hydrogens is 126 g/mol. The molecule has 0 unspecified atom stereocenters. The molecule has 0 amide bonds. The lowest BCUT2D eigenvalue weighted by atomic mass is 9.82. The molecule has 0 spiro atoms. The molecule has 0 aliphatic heterocycles. The topological polar surface area (TPSA) is 12.5 Å². The Morgan fingerprint density at radius 3 is 2.40 bits per heavy atom. The fourth-order valence-electron chi connectivity index (χ4n) is 1.53. The standard InChI is InChI=1S/C8H17NO/c1-9(2)6-7-4-8(5-7)10-3/h7-8H,4-6H2,1-3H3. The van der Waals surface area contributed by atoms with Crippen molar-refractivity contribution in [3.05, 3.63) is 0 Å². The van der Waals surface area contributed by atoms with Gasteiger partial charge >= 0.3 is 0 Å². The Balaban J connectivity index is 2.03. The Labute approximate surface area is 63.2 Å². The van der Waals surface area contributed by atoms with Crippen LogP contribution in [0, 0.1) is 5.92 Å². The van der Waals surface area contributed by atoms with E-state index in [0.717, 1.165) is 5.92 Å². The smallest absolute Gasteiger partial charge is 0.0577 e. The highest BCUT2D eigenvalue weighted by Gasteiger charge is 2.28. The molecule has 60 valence electrons. The van der Waals surface area contributed by atoms with E-state index in [2.05, 4.69) is 19.0 Å². The first-order valence-electron chi connectivity index (χ1n) is 3.90. The highest BCUT2D eigenvalue weighted by atomic mass is 16.5. The molecule has 0 saturated heterocycles. The van der Waals surface area contributed by atoms with Crippen LogP contribution >= 0.6 is 0 Å². The van der Waals surface area contributed by atoms with E-state index in [4.69, 9.17) is 4.74 Å². The molecule has 2 heteroatoms. The molecule has 0 aromatic heterocycles. The van der Waals surface area contributed by atoms with Crippen molar-refractivity contribution in [2.45, 2.75) is 18.9 Å². The van der Waals surface area contributed by atoms with Crippen molar-refractivity contribution >= 4 is 0 Å². The molecule has 0 N–H and O–H groups in total. The maximum absolute atomic E-state index is 5.18. The minimum atomic E-state index is 0.560. The lowest BCUT2D eigenvalue weighted by Crippen LogP contribution is -2.36. The van der Waals surface area contributed by atoms with E-state index in [1.165, 1.54) is 19.4 Å². The van der Waals surface area contributed by atoms with Crippen molar-refractivity contribution in [1.29, 1.82) is 0 Å². The molecule has 1 fully saturated rings. The van der Waals surface area contributed by atoms with Crippen molar-refractivity contribution in [1.82, 2.24) is 4.90 Å². The predicted octanol–water partition coefficient (Wildman–Crippen LogP) is 0.973. The van der Waals surface area contributed by atoms with Crippen LogP contribution < -0.4 is 0 Å². The second-order valence-electron chi connectivity index (χ2n) is 3.46. The minimum absolute atomic E-state index is 0.560. The Hall–Kier alpha value is -0.0800. The number of nitrogens with zero attached hydrogens (tertiary/aromatic N) is 1. The van der Waals surface area contributed by atoms with Gasteiger partial charge in [0.2, 0.25) is 0 Å². The molecule has 0 aromatic rings. The van der Waals surface area contributed by atoms with Gasteiger partial charge in [-0.15, -0.1) is 0 Å². The van der Waals surface area contributed by atoms with Gasteiger partial charge in [0.25, 0.3) is 0 Å². The first-order valence-corrected chi connectivity index (χ1v) is 3.90. The lowest BCUT2D eigenvalue weighted by Gasteiger charge is -2.35. The molecule has 0 aromatic carbocycles. The van der Waals surface area contributed by atoms with Crippen molar-refractivity contribution in [2.75, 3.05) is 27.7 Å². The molecule has 0 heterocycles. The third-order valence-corrected chi connectivity index (χ3v) is 2.15. The summed E-state index contributed by atoms with van der Waals surface area (Å²) in [5.41, 5.74) is 0. The molecule has 0 radical (unpaired) electrons. The summed E-state index contributed by atoms with van der Waals surface area (Å²) in [6, 6.07) is 0. The number of ether oxygens (including phenoxy) is 1. The Kier molecular flexibility index (Phi) is 2.69. The summed E-state index contributed by atoms with van der Waals surface area (Å²) in [5, 5.41) is 0. The number of hydrogen-bond acceptors (Lipinski definition) is 2. The van der Waals surface area contributed by atoms with E-state index >= 15 is 0 Å². The summed E-state index contributed by atoms with van der Waals surface area (Å²) in [7, 11) is 6.05. The van der Waals surface area contributed by atoms with Crippen molar-refractivity contribution < 1.29 is 4.74 Å². The summed E-state index contributed by atoms with van der Waals surface area (Å²) >= 11 is 0. The molecule has 2 nitrogen and oxygen atoms in total. The van der Waals surface area contributed by atoms with Crippen LogP contribution in [0.2, 0.25) is 0 Å². The summed E-state index contributed by atoms with van der Waals surface area (Å²) in [4.78, 5) is 2.25. The Bertz CT molecular complexity index is 97.4. The third-order valence-electron chi connectivity index (χ3n) is 2.15. The zero-order valence-electron chi connectivity index (χ0n) is 7.13. The van der Waals surface area contributed by atoms with Gasteiger partial charge in [-0.1, -0.05) is 0 Å². The van der Waals surface area contributed by atoms with Crippen LogP contribution in [0.5, 0.6) is 0 Å². The van der Waals surface area contributed by atoms with Gasteiger partial charge in [-0.05, 0) is 32.9 Å². The summed E-state index contributed by atoms with van der Waals surface area (Å²) in [6.45, 7) is 1.22. The van der Waals surface area contributed by atoms with Gasteiger partial charge < -0.3 is 9.64 Å². The zero-order chi connectivity index (χ0) is 7.56. The highest BCUT2D eigenvalue weighted by Crippen LogP contribution is 2.29. The SMILES string of the molecule is COC1CC(CN(C)C)C1. The molecule has 0 bridgehead atoms. The normalized spacial score (nSPS) is 32.4. The van der Waals surface area contributed by atoms with Gasteiger partial charge in [-0.25, -0.2) is 0 Å². The summed E-state index contributed by atoms with van der Waals surface area (Å²) < 4.78 is 5.18. The van der Waals surface area contributed by atoms with Crippen LogP contribution in [-0.2, 0) is 4.74 Å². The van der Waals surface area contributed by atoms with Crippen LogP contribution in [0.25, 0.3) is 0 Å². The van der Waals surface area contributed by atoms with Crippen molar-refractivity contribution in [3.63, 3.8) is 0 Å². The quantitative estimate of drug-likeness (QED) is 0.584. The molecular formula is C8H17NO. The van der Waals surface area contributed by atoms with E-state index in [1.54, 1.807) is 7.11 Å². The van der Waals surface area contributed by atoms with Gasteiger partial charge in [-0.3, -0.25) is 0 Å². The average molecular weight is 143 g/mol. The second kappa shape index (κ2) is 3.35. The molecule has 1 aliphatic rings. The number of methoxy groups -OCH3 is 1. The maximum Gasteiger partial charge on any atom is 0.0577 e. The fourth-order valence-corrected chi connectivity index (χ4v) is 1.53. The average Bonchev–Trinajstić information content (AvgIpc) is 1.76. The zero-order valence-corrected chi connectivity index (χ0v) is 7.13. The molecule has 0 atom stereocenters. The summed E-state index contributed by atoms with van der Waals surface area (Å²) in [6.07, 6.45) is 3.08. The largest absolute Gasteiger partial charge is 0.381 e. The molecule has 10 heavy (non-hydrogen) atoms. The molecule has 1 aliphatic carbocycles. The first kappa shape index (κ1) is 8.02. The monoisotopic (exact) mass is 143 g/mol. The van der Waals surface area contributed by atoms with E-state index in [1.807, 2.05) is 0 Å². The Morgan fingerprint density at radius 2 is 2.00 bits per heavy atom. The number of hydrogen-bond donors (Lipinski definition) is 0. The van der Waals surface area contributed by atoms with Gasteiger partial charge in [0.1, 0.15) is 0 Å². The highest BCUT2D eigenvalue weighted by molar-refractivity contribution is 4.81. The van der Waals surface area contributed by atoms with Crippen LogP contribution in [0.4, 0.5) is 0 Å². The van der Waals surface area contributed by atoms with Gasteiger partial charge in [0.05, 0.1) is 6.10 Å². The molecule has 1 rings (SSSR count). The van der Waals surface area contributed by atoms with Crippen molar-refractivity contribution in [2.24, 2.45) is 5.92 Å². The van der Waals surface area contributed by atoms with Gasteiger partial charge in [-0.2, -0.15) is 0 Å². The van der Waals surface area contributed by atoms with Crippen LogP contribution in [0.1, 0.15) is 12.8 Å². The molecule has 1 saturated carbocycles. The van der Waals surface area contributed by atoms with E-state index in [0.29, 0.717) is 6.10 Å². The maximum atomic E-state index is 5.18. The third kappa shape index (κ3) is 1.96. The van der Waals surface area contributed by atoms with E-state index < -0.39 is 0 Å². The fraction of sp³-hybridized carbons (Fsp3) is 1.00. The van der Waals surface area contributed by atoms with Crippen molar-refractivity contribution in [3.8, 4) is 0 Å². The lowest BCUT2D eigenvalue weighted by molar-refractivity contribution is -0.00633. The van der Waals surface area contributed by atoms with Crippen LogP contribution in [0.15, 0.2) is 0 Å². The summed E-state index contributed by atoms with van der Waals surface area (Å²) in [5.74, 6) is 0.889.